The maximum Gasteiger partial charge on any atom is 0.282 e. The Bertz CT molecular complexity index is 1690. The first-order valence-electron chi connectivity index (χ1n) is 14.3. The van der Waals surface area contributed by atoms with E-state index in [4.69, 9.17) is 26.1 Å². The molecule has 8 nitrogen and oxygen atoms in total. The predicted molar refractivity (Wildman–Crippen MR) is 176 cm³/mol. The third kappa shape index (κ3) is 7.11. The number of carbonyl (C=O) groups excluding carboxylic acids is 1. The molecule has 1 aliphatic rings. The fourth-order valence-electron chi connectivity index (χ4n) is 5.32. The Kier molecular flexibility index (Phi) is 9.36. The maximum absolute atomic E-state index is 13.7. The van der Waals surface area contributed by atoms with Crippen LogP contribution in [0.25, 0.3) is 0 Å². The monoisotopic (exact) mass is 631 g/mol. The molecule has 3 aromatic carbocycles. The second kappa shape index (κ2) is 13.2. The average molecular weight is 632 g/mol. The minimum atomic E-state index is -0.475. The molecule has 1 amide bonds. The van der Waals surface area contributed by atoms with E-state index in [0.29, 0.717) is 32.9 Å². The highest BCUT2D eigenvalue weighted by molar-refractivity contribution is 7.16. The summed E-state index contributed by atoms with van der Waals surface area (Å²) in [7, 11) is 1.48. The molecule has 0 saturated carbocycles. The van der Waals surface area contributed by atoms with Gasteiger partial charge in [0.15, 0.2) is 11.5 Å². The van der Waals surface area contributed by atoms with Crippen molar-refractivity contribution in [1.29, 1.82) is 0 Å². The minimum Gasteiger partial charge on any atom is -0.493 e. The number of fused-ring (bicyclic) bond motifs is 1. The van der Waals surface area contributed by atoms with Gasteiger partial charge < -0.3 is 14.8 Å². The number of aliphatic imine (C=N–C) groups is 1. The molecule has 0 spiro atoms. The highest BCUT2D eigenvalue weighted by Crippen LogP contribution is 2.45. The number of halogens is 1. The number of amides is 1. The lowest BCUT2D eigenvalue weighted by molar-refractivity contribution is -0.385. The normalized spacial score (nSPS) is 14.7. The molecule has 5 rings (SSSR count). The lowest BCUT2D eigenvalue weighted by atomic mass is 9.72. The molecule has 0 radical (unpaired) electrons. The molecule has 0 bridgehead atoms. The van der Waals surface area contributed by atoms with Crippen LogP contribution in [-0.4, -0.2) is 24.2 Å². The number of ether oxygens (including phenoxy) is 2. The van der Waals surface area contributed by atoms with E-state index in [1.807, 2.05) is 30.3 Å². The van der Waals surface area contributed by atoms with Crippen molar-refractivity contribution in [2.75, 3.05) is 12.4 Å². The fraction of sp³-hybridized carbons (Fsp3) is 0.294. The number of rotatable bonds is 9. The van der Waals surface area contributed by atoms with Gasteiger partial charge in [-0.15, -0.1) is 11.3 Å². The number of nitro groups is 1. The highest BCUT2D eigenvalue weighted by Gasteiger charge is 2.34. The zero-order valence-corrected chi connectivity index (χ0v) is 26.6. The van der Waals surface area contributed by atoms with Crippen molar-refractivity contribution in [3.63, 3.8) is 0 Å². The summed E-state index contributed by atoms with van der Waals surface area (Å²) in [4.78, 5) is 31.2. The summed E-state index contributed by atoms with van der Waals surface area (Å²) in [6.07, 6.45) is 4.00. The number of methoxy groups -OCH3 is 1. The van der Waals surface area contributed by atoms with E-state index >= 15 is 0 Å². The largest absolute Gasteiger partial charge is 0.493 e. The second-order valence-electron chi connectivity index (χ2n) is 11.8. The van der Waals surface area contributed by atoms with Gasteiger partial charge in [-0.05, 0) is 72.1 Å². The summed E-state index contributed by atoms with van der Waals surface area (Å²) in [5.74, 6) is 0.782. The molecular weight excluding hydrogens is 598 g/mol. The van der Waals surface area contributed by atoms with Crippen LogP contribution >= 0.6 is 22.9 Å². The van der Waals surface area contributed by atoms with E-state index in [0.717, 1.165) is 35.3 Å². The van der Waals surface area contributed by atoms with Crippen LogP contribution in [-0.2, 0) is 19.4 Å². The molecule has 10 heteroatoms. The fourth-order valence-corrected chi connectivity index (χ4v) is 6.72. The van der Waals surface area contributed by atoms with E-state index in [9.17, 15) is 14.9 Å². The maximum atomic E-state index is 13.7. The van der Waals surface area contributed by atoms with Crippen molar-refractivity contribution in [1.82, 2.24) is 0 Å². The smallest absolute Gasteiger partial charge is 0.282 e. The molecular formula is C34H34ClN3O5S. The molecule has 0 saturated heterocycles. The minimum absolute atomic E-state index is 0.123. The van der Waals surface area contributed by atoms with Gasteiger partial charge in [0.25, 0.3) is 11.6 Å². The number of nitrogens with zero attached hydrogens (tertiary/aromatic N) is 2. The summed E-state index contributed by atoms with van der Waals surface area (Å²) in [5, 5.41) is 16.2. The van der Waals surface area contributed by atoms with Crippen molar-refractivity contribution in [3.8, 4) is 11.5 Å². The third-order valence-electron chi connectivity index (χ3n) is 7.87. The topological polar surface area (TPSA) is 103 Å². The van der Waals surface area contributed by atoms with Crippen LogP contribution in [0.4, 0.5) is 16.4 Å². The number of nitro benzene ring substituents is 1. The summed E-state index contributed by atoms with van der Waals surface area (Å²) in [6, 6.07) is 19.3. The van der Waals surface area contributed by atoms with Gasteiger partial charge in [-0.2, -0.15) is 0 Å². The number of carbonyl (C=O) groups is 1. The number of anilines is 1. The van der Waals surface area contributed by atoms with Gasteiger partial charge in [-0.1, -0.05) is 62.7 Å². The SMILES string of the molecule is COc1cc(C=Nc2sc3c(c2C(=O)Nc2ccc(Cl)cc2)CC[C@H](C(C)(C)C)C3)c([N+](=O)[O-])cc1OCc1ccccc1. The Balaban J connectivity index is 1.50. The third-order valence-corrected chi connectivity index (χ3v) is 9.28. The number of thiophene rings is 1. The number of nitrogens with one attached hydrogen (secondary N) is 1. The standard InChI is InChI=1S/C34H34ClN3O5S/c1-34(2,3)23-10-15-26-30(17-23)44-33(31(26)32(39)37-25-13-11-24(35)12-14-25)36-19-22-16-28(42-4)29(18-27(22)38(40)41)43-20-21-8-6-5-7-9-21/h5-9,11-14,16,18-19,23H,10,15,17,20H2,1-4H3,(H,37,39)/t23-/m0/s1. The van der Waals surface area contributed by atoms with Crippen molar-refractivity contribution in [3.05, 3.63) is 109 Å². The van der Waals surface area contributed by atoms with Gasteiger partial charge in [0.1, 0.15) is 11.6 Å². The van der Waals surface area contributed by atoms with Crippen molar-refractivity contribution >= 4 is 51.4 Å². The van der Waals surface area contributed by atoms with Crippen LogP contribution in [0.1, 0.15) is 59.1 Å². The van der Waals surface area contributed by atoms with Crippen LogP contribution in [0.15, 0.2) is 71.7 Å². The van der Waals surface area contributed by atoms with E-state index in [1.165, 1.54) is 30.7 Å². The molecule has 1 aromatic heterocycles. The predicted octanol–water partition coefficient (Wildman–Crippen LogP) is 9.05. The van der Waals surface area contributed by atoms with Crippen LogP contribution in [0, 0.1) is 21.4 Å². The summed E-state index contributed by atoms with van der Waals surface area (Å²) in [5.41, 5.74) is 3.21. The quantitative estimate of drug-likeness (QED) is 0.113. The molecule has 1 N–H and O–H groups in total. The van der Waals surface area contributed by atoms with Gasteiger partial charge in [-0.3, -0.25) is 14.9 Å². The number of hydrogen-bond donors (Lipinski definition) is 1. The van der Waals surface area contributed by atoms with Gasteiger partial charge in [0, 0.05) is 21.8 Å². The Morgan fingerprint density at radius 1 is 1.14 bits per heavy atom. The molecule has 228 valence electrons. The average Bonchev–Trinajstić information content (AvgIpc) is 3.38. The molecule has 0 aliphatic heterocycles. The van der Waals surface area contributed by atoms with E-state index < -0.39 is 4.92 Å². The van der Waals surface area contributed by atoms with Gasteiger partial charge in [-0.25, -0.2) is 4.99 Å². The molecule has 1 heterocycles. The van der Waals surface area contributed by atoms with Gasteiger partial charge in [0.05, 0.1) is 29.2 Å². The summed E-state index contributed by atoms with van der Waals surface area (Å²) >= 11 is 7.50. The lowest BCUT2D eigenvalue weighted by Crippen LogP contribution is -2.27. The van der Waals surface area contributed by atoms with Crippen LogP contribution in [0.3, 0.4) is 0 Å². The molecule has 1 atom stereocenters. The van der Waals surface area contributed by atoms with Gasteiger partial charge in [0.2, 0.25) is 0 Å². The van der Waals surface area contributed by atoms with Crippen LogP contribution in [0.2, 0.25) is 5.02 Å². The first-order chi connectivity index (χ1) is 21.0. The number of benzene rings is 3. The van der Waals surface area contributed by atoms with E-state index in [2.05, 4.69) is 26.1 Å². The molecule has 0 fully saturated rings. The molecule has 1 aliphatic carbocycles. The first kappa shape index (κ1) is 31.2. The number of hydrogen-bond acceptors (Lipinski definition) is 7. The Labute approximate surface area is 265 Å². The lowest BCUT2D eigenvalue weighted by Gasteiger charge is -2.33. The van der Waals surface area contributed by atoms with Crippen molar-refractivity contribution < 1.29 is 19.2 Å². The van der Waals surface area contributed by atoms with Crippen LogP contribution < -0.4 is 14.8 Å². The molecule has 44 heavy (non-hydrogen) atoms. The van der Waals surface area contributed by atoms with E-state index in [1.54, 1.807) is 30.3 Å². The summed E-state index contributed by atoms with van der Waals surface area (Å²) in [6.45, 7) is 6.94. The molecule has 4 aromatic rings. The Hall–Kier alpha value is -4.21. The second-order valence-corrected chi connectivity index (χ2v) is 13.3. The van der Waals surface area contributed by atoms with Crippen LogP contribution in [0.5, 0.6) is 11.5 Å². The summed E-state index contributed by atoms with van der Waals surface area (Å²) < 4.78 is 11.4. The zero-order chi connectivity index (χ0) is 31.4. The van der Waals surface area contributed by atoms with Crippen molar-refractivity contribution in [2.24, 2.45) is 16.3 Å². The van der Waals surface area contributed by atoms with Crippen molar-refractivity contribution in [2.45, 2.75) is 46.6 Å². The van der Waals surface area contributed by atoms with E-state index in [-0.39, 0.29) is 34.9 Å². The Morgan fingerprint density at radius 2 is 1.86 bits per heavy atom. The Morgan fingerprint density at radius 3 is 2.52 bits per heavy atom. The first-order valence-corrected chi connectivity index (χ1v) is 15.5. The van der Waals surface area contributed by atoms with Gasteiger partial charge >= 0.3 is 0 Å². The highest BCUT2D eigenvalue weighted by atomic mass is 35.5. The zero-order valence-electron chi connectivity index (χ0n) is 25.1. The molecule has 0 unspecified atom stereocenters.